The van der Waals surface area contributed by atoms with Crippen molar-refractivity contribution in [2.75, 3.05) is 16.0 Å². The maximum absolute atomic E-state index is 5.94. The Morgan fingerprint density at radius 3 is 2.06 bits per heavy atom. The van der Waals surface area contributed by atoms with Crippen LogP contribution < -0.4 is 16.0 Å². The van der Waals surface area contributed by atoms with Crippen molar-refractivity contribution in [2.24, 2.45) is 0 Å². The van der Waals surface area contributed by atoms with Crippen LogP contribution >= 0.6 is 23.8 Å². The van der Waals surface area contributed by atoms with Crippen molar-refractivity contribution < 1.29 is 0 Å². The molecule has 0 spiro atoms. The molecule has 1 heterocycles. The fourth-order valence-corrected chi connectivity index (χ4v) is 4.11. The van der Waals surface area contributed by atoms with Gasteiger partial charge in [-0.2, -0.15) is 0 Å². The van der Waals surface area contributed by atoms with Gasteiger partial charge in [0.25, 0.3) is 0 Å². The molecule has 0 saturated heterocycles. The molecule has 162 valence electrons. The van der Waals surface area contributed by atoms with E-state index >= 15 is 0 Å². The zero-order valence-corrected chi connectivity index (χ0v) is 19.5. The Balaban J connectivity index is 1.38. The molecule has 4 aromatic carbocycles. The Morgan fingerprint density at radius 2 is 1.33 bits per heavy atom. The van der Waals surface area contributed by atoms with Gasteiger partial charge >= 0.3 is 0 Å². The van der Waals surface area contributed by atoms with Gasteiger partial charge in [0.2, 0.25) is 0 Å². The van der Waals surface area contributed by atoms with Gasteiger partial charge in [-0.15, -0.1) is 0 Å². The molecule has 33 heavy (non-hydrogen) atoms. The molecule has 0 radical (unpaired) electrons. The summed E-state index contributed by atoms with van der Waals surface area (Å²) in [4.78, 5) is 4.83. The Kier molecular flexibility index (Phi) is 5.82. The van der Waals surface area contributed by atoms with Crippen molar-refractivity contribution in [1.82, 2.24) is 4.98 Å². The van der Waals surface area contributed by atoms with Crippen molar-refractivity contribution in [2.45, 2.75) is 6.92 Å². The molecule has 0 amide bonds. The van der Waals surface area contributed by atoms with Gasteiger partial charge in [-0.05, 0) is 85.9 Å². The third-order valence-electron chi connectivity index (χ3n) is 5.35. The highest BCUT2D eigenvalue weighted by Crippen LogP contribution is 2.33. The molecule has 0 bridgehead atoms. The van der Waals surface area contributed by atoms with Crippen molar-refractivity contribution in [3.63, 3.8) is 0 Å². The molecular weight excluding hydrogens is 448 g/mol. The Morgan fingerprint density at radius 1 is 0.727 bits per heavy atom. The van der Waals surface area contributed by atoms with Crippen LogP contribution in [-0.2, 0) is 0 Å². The van der Waals surface area contributed by atoms with Gasteiger partial charge in [-0.25, -0.2) is 4.98 Å². The number of hydrogen-bond donors (Lipinski definition) is 3. The van der Waals surface area contributed by atoms with Crippen LogP contribution in [0.15, 0.2) is 91.0 Å². The van der Waals surface area contributed by atoms with E-state index < -0.39 is 0 Å². The Bertz CT molecular complexity index is 1460. The highest BCUT2D eigenvalue weighted by Gasteiger charge is 2.10. The summed E-state index contributed by atoms with van der Waals surface area (Å²) in [7, 11) is 0. The number of aryl methyl sites for hydroxylation is 1. The number of thiocarbonyl (C=S) groups is 1. The minimum Gasteiger partial charge on any atom is -0.354 e. The second-order valence-corrected chi connectivity index (χ2v) is 8.66. The molecular formula is C27H21ClN4S. The van der Waals surface area contributed by atoms with Crippen LogP contribution in [0.4, 0.5) is 22.7 Å². The molecule has 0 saturated carbocycles. The third-order valence-corrected chi connectivity index (χ3v) is 5.81. The SMILES string of the molecule is Cc1ccc2nc3ccccc3c(Nc3ccc(NC(=S)Nc4ccc(Cl)cc4)cc3)c2c1. The summed E-state index contributed by atoms with van der Waals surface area (Å²) in [5.41, 5.74) is 6.95. The zero-order chi connectivity index (χ0) is 22.8. The maximum atomic E-state index is 5.94. The van der Waals surface area contributed by atoms with E-state index in [1.807, 2.05) is 66.7 Å². The quantitative estimate of drug-likeness (QED) is 0.185. The molecule has 5 rings (SSSR count). The van der Waals surface area contributed by atoms with E-state index in [0.29, 0.717) is 10.1 Å². The van der Waals surface area contributed by atoms with Crippen molar-refractivity contribution in [3.8, 4) is 0 Å². The first-order valence-corrected chi connectivity index (χ1v) is 11.3. The van der Waals surface area contributed by atoms with Crippen molar-refractivity contribution in [3.05, 3.63) is 102 Å². The second kappa shape index (κ2) is 9.06. The smallest absolute Gasteiger partial charge is 0.175 e. The first-order valence-electron chi connectivity index (χ1n) is 10.5. The van der Waals surface area contributed by atoms with E-state index in [1.54, 1.807) is 0 Å². The molecule has 1 aromatic heterocycles. The van der Waals surface area contributed by atoms with Gasteiger partial charge in [-0.1, -0.05) is 41.4 Å². The number of halogens is 1. The van der Waals surface area contributed by atoms with E-state index in [4.69, 9.17) is 28.8 Å². The van der Waals surface area contributed by atoms with Crippen LogP contribution in [0.5, 0.6) is 0 Å². The van der Waals surface area contributed by atoms with Crippen LogP contribution in [-0.4, -0.2) is 10.1 Å². The van der Waals surface area contributed by atoms with Crippen LogP contribution in [0, 0.1) is 6.92 Å². The van der Waals surface area contributed by atoms with E-state index in [-0.39, 0.29) is 0 Å². The number of anilines is 4. The summed E-state index contributed by atoms with van der Waals surface area (Å²) in [5, 5.41) is 13.4. The lowest BCUT2D eigenvalue weighted by Crippen LogP contribution is -2.18. The number of nitrogens with one attached hydrogen (secondary N) is 3. The number of aromatic nitrogens is 1. The van der Waals surface area contributed by atoms with Gasteiger partial charge in [0.15, 0.2) is 5.11 Å². The summed E-state index contributed by atoms with van der Waals surface area (Å²) in [5.74, 6) is 0. The minimum atomic E-state index is 0.514. The largest absolute Gasteiger partial charge is 0.354 e. The predicted molar refractivity (Wildman–Crippen MR) is 145 cm³/mol. The molecule has 0 fully saturated rings. The maximum Gasteiger partial charge on any atom is 0.175 e. The number of hydrogen-bond acceptors (Lipinski definition) is 3. The molecule has 0 atom stereocenters. The van der Waals surface area contributed by atoms with Gasteiger partial charge < -0.3 is 16.0 Å². The van der Waals surface area contributed by atoms with Gasteiger partial charge in [0.05, 0.1) is 16.7 Å². The summed E-state index contributed by atoms with van der Waals surface area (Å²) in [6.07, 6.45) is 0. The van der Waals surface area contributed by atoms with Crippen LogP contribution in [0.25, 0.3) is 21.8 Å². The molecule has 6 heteroatoms. The zero-order valence-electron chi connectivity index (χ0n) is 17.9. The molecule has 5 aromatic rings. The summed E-state index contributed by atoms with van der Waals surface area (Å²) in [6, 6.07) is 30.0. The second-order valence-electron chi connectivity index (χ2n) is 7.81. The van der Waals surface area contributed by atoms with Gasteiger partial charge in [-0.3, -0.25) is 0 Å². The number of para-hydroxylation sites is 1. The minimum absolute atomic E-state index is 0.514. The van der Waals surface area contributed by atoms with Crippen molar-refractivity contribution >= 4 is 73.5 Å². The first-order chi connectivity index (χ1) is 16.0. The van der Waals surface area contributed by atoms with Crippen molar-refractivity contribution in [1.29, 1.82) is 0 Å². The summed E-state index contributed by atoms with van der Waals surface area (Å²) in [6.45, 7) is 2.10. The standard InChI is InChI=1S/C27H21ClN4S/c1-17-6-15-25-23(16-17)26(22-4-2-3-5-24(22)32-25)29-19-11-13-21(14-12-19)31-27(33)30-20-9-7-18(28)8-10-20/h2-16H,1H3,(H,29,32)(H2,30,31,33). The summed E-state index contributed by atoms with van der Waals surface area (Å²) < 4.78 is 0. The average molecular weight is 469 g/mol. The Labute approximate surface area is 202 Å². The van der Waals surface area contributed by atoms with Gasteiger partial charge in [0, 0.05) is 32.9 Å². The number of pyridine rings is 1. The van der Waals surface area contributed by atoms with Crippen LogP contribution in [0.2, 0.25) is 5.02 Å². The monoisotopic (exact) mass is 468 g/mol. The topological polar surface area (TPSA) is 49.0 Å². The van der Waals surface area contributed by atoms with Gasteiger partial charge in [0.1, 0.15) is 0 Å². The number of nitrogens with zero attached hydrogens (tertiary/aromatic N) is 1. The molecule has 3 N–H and O–H groups in total. The molecule has 0 aliphatic heterocycles. The fraction of sp³-hybridized carbons (Fsp3) is 0.0370. The predicted octanol–water partition coefficient (Wildman–Crippen LogP) is 7.90. The highest BCUT2D eigenvalue weighted by molar-refractivity contribution is 7.80. The lowest BCUT2D eigenvalue weighted by Gasteiger charge is -2.15. The lowest BCUT2D eigenvalue weighted by molar-refractivity contribution is 1.44. The van der Waals surface area contributed by atoms with E-state index in [2.05, 4.69) is 47.1 Å². The van der Waals surface area contributed by atoms with Crippen LogP contribution in [0.1, 0.15) is 5.56 Å². The fourth-order valence-electron chi connectivity index (χ4n) is 3.75. The first kappa shape index (κ1) is 21.2. The third kappa shape index (κ3) is 4.75. The van der Waals surface area contributed by atoms with E-state index in [1.165, 1.54) is 5.56 Å². The number of benzene rings is 4. The molecule has 0 aliphatic carbocycles. The normalized spacial score (nSPS) is 10.8. The highest BCUT2D eigenvalue weighted by atomic mass is 35.5. The molecule has 4 nitrogen and oxygen atoms in total. The number of rotatable bonds is 4. The van der Waals surface area contributed by atoms with E-state index in [9.17, 15) is 0 Å². The Hall–Kier alpha value is -3.67. The average Bonchev–Trinajstić information content (AvgIpc) is 2.82. The molecule has 0 aliphatic rings. The summed E-state index contributed by atoms with van der Waals surface area (Å²) >= 11 is 11.4. The molecule has 0 unspecified atom stereocenters. The van der Waals surface area contributed by atoms with E-state index in [0.717, 1.165) is 44.6 Å². The van der Waals surface area contributed by atoms with Crippen LogP contribution in [0.3, 0.4) is 0 Å². The number of fused-ring (bicyclic) bond motifs is 2. The lowest BCUT2D eigenvalue weighted by atomic mass is 10.1.